The molecule has 1 heterocycles. The van der Waals surface area contributed by atoms with Crippen LogP contribution in [0.1, 0.15) is 37.8 Å². The first-order valence-corrected chi connectivity index (χ1v) is 6.06. The first-order chi connectivity index (χ1) is 7.75. The lowest BCUT2D eigenvalue weighted by Gasteiger charge is -2.30. The highest BCUT2D eigenvalue weighted by Crippen LogP contribution is 2.17. The number of nitrogens with one attached hydrogen (secondary N) is 1. The van der Waals surface area contributed by atoms with Gasteiger partial charge in [0.1, 0.15) is 5.75 Å². The second kappa shape index (κ2) is 5.32. The fraction of sp³-hybridized carbons (Fsp3) is 0.538. The molecule has 1 aliphatic rings. The summed E-state index contributed by atoms with van der Waals surface area (Å²) < 4.78 is 0. The smallest absolute Gasteiger partial charge is 0.115 e. The third kappa shape index (κ3) is 2.97. The summed E-state index contributed by atoms with van der Waals surface area (Å²) in [5, 5.41) is 11.5. The Morgan fingerprint density at radius 3 is 2.38 bits per heavy atom. The van der Waals surface area contributed by atoms with Crippen LogP contribution in [0.15, 0.2) is 24.3 Å². The zero-order valence-corrected chi connectivity index (χ0v) is 9.82. The van der Waals surface area contributed by atoms with Crippen molar-refractivity contribution >= 4 is 0 Å². The molecule has 0 aliphatic carbocycles. The van der Waals surface area contributed by atoms with E-state index in [9.17, 15) is 5.11 Å². The van der Waals surface area contributed by atoms with Gasteiger partial charge in [0.2, 0.25) is 0 Å². The Morgan fingerprint density at radius 2 is 1.75 bits per heavy atom. The number of hydrogen-bond acceptors (Lipinski definition) is 3. The highest BCUT2D eigenvalue weighted by Gasteiger charge is 2.13. The van der Waals surface area contributed by atoms with Gasteiger partial charge in [-0.05, 0) is 37.5 Å². The van der Waals surface area contributed by atoms with Crippen LogP contribution >= 0.6 is 0 Å². The molecule has 1 atom stereocenters. The van der Waals surface area contributed by atoms with Crippen molar-refractivity contribution in [2.75, 3.05) is 13.1 Å². The third-order valence-electron chi connectivity index (χ3n) is 3.13. The number of benzene rings is 1. The van der Waals surface area contributed by atoms with Crippen molar-refractivity contribution in [3.05, 3.63) is 29.8 Å². The van der Waals surface area contributed by atoms with Crippen LogP contribution in [0.5, 0.6) is 5.75 Å². The van der Waals surface area contributed by atoms with Crippen LogP contribution in [-0.2, 0) is 0 Å². The molecule has 1 aliphatic heterocycles. The maximum Gasteiger partial charge on any atom is 0.115 e. The van der Waals surface area contributed by atoms with Gasteiger partial charge < -0.3 is 5.11 Å². The molecule has 0 saturated carbocycles. The Hall–Kier alpha value is -1.06. The molecule has 88 valence electrons. The molecule has 1 aromatic rings. The van der Waals surface area contributed by atoms with Crippen molar-refractivity contribution in [1.29, 1.82) is 0 Å². The maximum atomic E-state index is 9.23. The highest BCUT2D eigenvalue weighted by atomic mass is 16.3. The zero-order valence-electron chi connectivity index (χ0n) is 9.82. The first-order valence-electron chi connectivity index (χ1n) is 6.06. The van der Waals surface area contributed by atoms with E-state index in [2.05, 4.69) is 17.4 Å². The lowest BCUT2D eigenvalue weighted by atomic mass is 10.1. The molecule has 0 bridgehead atoms. The SMILES string of the molecule is CC(NN1CCCCC1)c1ccc(O)cc1. The predicted octanol–water partition coefficient (Wildman–Crippen LogP) is 2.44. The summed E-state index contributed by atoms with van der Waals surface area (Å²) in [6.45, 7) is 4.44. The Labute approximate surface area is 97.1 Å². The van der Waals surface area contributed by atoms with Crippen molar-refractivity contribution in [3.63, 3.8) is 0 Å². The van der Waals surface area contributed by atoms with Crippen molar-refractivity contribution in [2.45, 2.75) is 32.2 Å². The molecule has 1 saturated heterocycles. The molecule has 1 unspecified atom stereocenters. The van der Waals surface area contributed by atoms with Gasteiger partial charge in [0.15, 0.2) is 0 Å². The topological polar surface area (TPSA) is 35.5 Å². The Bertz CT molecular complexity index is 317. The molecule has 0 aromatic heterocycles. The van der Waals surface area contributed by atoms with Crippen LogP contribution in [0.3, 0.4) is 0 Å². The Balaban J connectivity index is 1.91. The van der Waals surface area contributed by atoms with Crippen LogP contribution < -0.4 is 5.43 Å². The van der Waals surface area contributed by atoms with Gasteiger partial charge in [-0.1, -0.05) is 18.6 Å². The van der Waals surface area contributed by atoms with Crippen molar-refractivity contribution in [2.24, 2.45) is 0 Å². The molecule has 0 radical (unpaired) electrons. The number of nitrogens with zero attached hydrogens (tertiary/aromatic N) is 1. The number of rotatable bonds is 3. The Morgan fingerprint density at radius 1 is 1.12 bits per heavy atom. The summed E-state index contributed by atoms with van der Waals surface area (Å²) >= 11 is 0. The molecular weight excluding hydrogens is 200 g/mol. The second-order valence-electron chi connectivity index (χ2n) is 4.49. The van der Waals surface area contributed by atoms with Gasteiger partial charge >= 0.3 is 0 Å². The van der Waals surface area contributed by atoms with Crippen molar-refractivity contribution in [1.82, 2.24) is 10.4 Å². The summed E-state index contributed by atoms with van der Waals surface area (Å²) in [6, 6.07) is 7.72. The third-order valence-corrected chi connectivity index (χ3v) is 3.13. The number of piperidine rings is 1. The normalized spacial score (nSPS) is 19.6. The fourth-order valence-electron chi connectivity index (χ4n) is 2.13. The van der Waals surface area contributed by atoms with E-state index >= 15 is 0 Å². The molecule has 0 spiro atoms. The molecular formula is C13H20N2O. The van der Waals surface area contributed by atoms with Gasteiger partial charge in [0.25, 0.3) is 0 Å². The number of phenolic OH excluding ortho intramolecular Hbond substituents is 1. The van der Waals surface area contributed by atoms with E-state index in [1.54, 1.807) is 12.1 Å². The molecule has 1 fully saturated rings. The van der Waals surface area contributed by atoms with Gasteiger partial charge in [-0.2, -0.15) is 0 Å². The number of aromatic hydroxyl groups is 1. The van der Waals surface area contributed by atoms with Crippen molar-refractivity contribution < 1.29 is 5.11 Å². The van der Waals surface area contributed by atoms with E-state index in [0.717, 1.165) is 13.1 Å². The van der Waals surface area contributed by atoms with Gasteiger partial charge in [0.05, 0.1) is 0 Å². The standard InChI is InChI=1S/C13H20N2O/c1-11(12-5-7-13(16)8-6-12)14-15-9-3-2-4-10-15/h5-8,11,14,16H,2-4,9-10H2,1H3. The molecule has 2 N–H and O–H groups in total. The van der Waals surface area contributed by atoms with Gasteiger partial charge in [-0.25, -0.2) is 10.4 Å². The van der Waals surface area contributed by atoms with Crippen LogP contribution in [0.4, 0.5) is 0 Å². The fourth-order valence-corrected chi connectivity index (χ4v) is 2.13. The van der Waals surface area contributed by atoms with E-state index in [4.69, 9.17) is 0 Å². The lowest BCUT2D eigenvalue weighted by Crippen LogP contribution is -2.42. The molecule has 16 heavy (non-hydrogen) atoms. The lowest BCUT2D eigenvalue weighted by molar-refractivity contribution is 0.133. The highest BCUT2D eigenvalue weighted by molar-refractivity contribution is 5.27. The summed E-state index contributed by atoms with van der Waals surface area (Å²) in [4.78, 5) is 0. The van der Waals surface area contributed by atoms with Crippen LogP contribution in [0.25, 0.3) is 0 Å². The summed E-state index contributed by atoms with van der Waals surface area (Å²) in [5.74, 6) is 0.328. The monoisotopic (exact) mass is 220 g/mol. The molecule has 1 aromatic carbocycles. The average molecular weight is 220 g/mol. The quantitative estimate of drug-likeness (QED) is 0.821. The maximum absolute atomic E-state index is 9.23. The van der Waals surface area contributed by atoms with Gasteiger partial charge in [-0.3, -0.25) is 0 Å². The van der Waals surface area contributed by atoms with Crippen LogP contribution in [-0.4, -0.2) is 23.2 Å². The van der Waals surface area contributed by atoms with Crippen LogP contribution in [0, 0.1) is 0 Å². The minimum atomic E-state index is 0.304. The largest absolute Gasteiger partial charge is 0.508 e. The number of hydrazine groups is 1. The average Bonchev–Trinajstić information content (AvgIpc) is 2.31. The predicted molar refractivity (Wildman–Crippen MR) is 65.1 cm³/mol. The summed E-state index contributed by atoms with van der Waals surface area (Å²) in [6.07, 6.45) is 3.93. The number of hydrogen-bond donors (Lipinski definition) is 2. The van der Waals surface area contributed by atoms with E-state index in [1.165, 1.54) is 24.8 Å². The Kier molecular flexibility index (Phi) is 3.80. The molecule has 2 rings (SSSR count). The van der Waals surface area contributed by atoms with E-state index in [0.29, 0.717) is 11.8 Å². The zero-order chi connectivity index (χ0) is 11.4. The summed E-state index contributed by atoms with van der Waals surface area (Å²) in [7, 11) is 0. The van der Waals surface area contributed by atoms with Gasteiger partial charge in [-0.15, -0.1) is 0 Å². The van der Waals surface area contributed by atoms with Gasteiger partial charge in [0, 0.05) is 19.1 Å². The molecule has 3 heteroatoms. The van der Waals surface area contributed by atoms with E-state index < -0.39 is 0 Å². The molecule has 0 amide bonds. The summed E-state index contributed by atoms with van der Waals surface area (Å²) in [5.41, 5.74) is 4.72. The minimum Gasteiger partial charge on any atom is -0.508 e. The first kappa shape index (κ1) is 11.4. The number of phenols is 1. The second-order valence-corrected chi connectivity index (χ2v) is 4.49. The molecule has 3 nitrogen and oxygen atoms in total. The van der Waals surface area contributed by atoms with Crippen molar-refractivity contribution in [3.8, 4) is 5.75 Å². The van der Waals surface area contributed by atoms with E-state index in [-0.39, 0.29) is 0 Å². The van der Waals surface area contributed by atoms with Crippen LogP contribution in [0.2, 0.25) is 0 Å². The van der Waals surface area contributed by atoms with E-state index in [1.807, 2.05) is 12.1 Å². The minimum absolute atomic E-state index is 0.304.